The summed E-state index contributed by atoms with van der Waals surface area (Å²) in [5.41, 5.74) is 2.29. The minimum Gasteiger partial charge on any atom is -0.497 e. The Labute approximate surface area is 175 Å². The normalized spacial score (nSPS) is 12.2. The van der Waals surface area contributed by atoms with Crippen LogP contribution in [-0.4, -0.2) is 50.4 Å². The molecule has 0 aliphatic carbocycles. The van der Waals surface area contributed by atoms with Crippen molar-refractivity contribution in [3.05, 3.63) is 77.4 Å². The SMILES string of the molecule is COc1ccc(/C=C/COOCC(O)COC(=O)/C=C/c2ccc(C=O)cc2)cc1. The van der Waals surface area contributed by atoms with Crippen LogP contribution < -0.4 is 4.74 Å². The molecule has 0 amide bonds. The second-order valence-electron chi connectivity index (χ2n) is 6.15. The smallest absolute Gasteiger partial charge is 0.330 e. The summed E-state index contributed by atoms with van der Waals surface area (Å²) < 4.78 is 10.0. The quantitative estimate of drug-likeness (QED) is 0.143. The Hall–Kier alpha value is -3.26. The average molecular weight is 412 g/mol. The fourth-order valence-electron chi connectivity index (χ4n) is 2.24. The van der Waals surface area contributed by atoms with Gasteiger partial charge in [-0.2, -0.15) is 0 Å². The second kappa shape index (κ2) is 13.1. The maximum Gasteiger partial charge on any atom is 0.330 e. The topological polar surface area (TPSA) is 91.3 Å². The lowest BCUT2D eigenvalue weighted by atomic mass is 10.1. The van der Waals surface area contributed by atoms with Gasteiger partial charge in [-0.1, -0.05) is 48.6 Å². The number of methoxy groups -OCH3 is 1. The molecule has 0 heterocycles. The number of rotatable bonds is 12. The van der Waals surface area contributed by atoms with Crippen molar-refractivity contribution >= 4 is 24.4 Å². The summed E-state index contributed by atoms with van der Waals surface area (Å²) in [4.78, 5) is 32.1. The van der Waals surface area contributed by atoms with Crippen LogP contribution in [0.2, 0.25) is 0 Å². The van der Waals surface area contributed by atoms with Crippen molar-refractivity contribution in [1.82, 2.24) is 0 Å². The number of hydrogen-bond acceptors (Lipinski definition) is 7. The largest absolute Gasteiger partial charge is 0.497 e. The second-order valence-corrected chi connectivity index (χ2v) is 6.15. The van der Waals surface area contributed by atoms with Gasteiger partial charge in [0.05, 0.1) is 7.11 Å². The monoisotopic (exact) mass is 412 g/mol. The summed E-state index contributed by atoms with van der Waals surface area (Å²) in [5.74, 6) is 0.182. The highest BCUT2D eigenvalue weighted by Crippen LogP contribution is 2.12. The third-order valence-electron chi connectivity index (χ3n) is 3.84. The predicted octanol–water partition coefficient (Wildman–Crippen LogP) is 3.09. The van der Waals surface area contributed by atoms with Crippen molar-refractivity contribution in [2.45, 2.75) is 6.10 Å². The molecule has 0 saturated heterocycles. The molecule has 7 nitrogen and oxygen atoms in total. The molecular weight excluding hydrogens is 388 g/mol. The molecule has 0 aromatic heterocycles. The van der Waals surface area contributed by atoms with E-state index in [1.807, 2.05) is 30.3 Å². The molecular formula is C23H24O7. The van der Waals surface area contributed by atoms with Gasteiger partial charge < -0.3 is 14.6 Å². The molecule has 0 bridgehead atoms. The van der Waals surface area contributed by atoms with E-state index in [1.165, 1.54) is 6.08 Å². The summed E-state index contributed by atoms with van der Waals surface area (Å²) >= 11 is 0. The number of benzene rings is 2. The standard InChI is InChI=1S/C23H24O7/c1-27-22-11-8-18(9-12-22)3-2-14-29-30-17-21(25)16-28-23(26)13-10-19-4-6-20(15-24)7-5-19/h2-13,15,21,25H,14,16-17H2,1H3/b3-2+,13-10+. The molecule has 0 spiro atoms. The summed E-state index contributed by atoms with van der Waals surface area (Å²) in [6.07, 6.45) is 6.15. The van der Waals surface area contributed by atoms with Crippen molar-refractivity contribution in [1.29, 1.82) is 0 Å². The van der Waals surface area contributed by atoms with Gasteiger partial charge in [0.25, 0.3) is 0 Å². The predicted molar refractivity (Wildman–Crippen MR) is 112 cm³/mol. The highest BCUT2D eigenvalue weighted by atomic mass is 17.2. The molecule has 1 unspecified atom stereocenters. The van der Waals surface area contributed by atoms with E-state index in [2.05, 4.69) is 0 Å². The number of hydrogen-bond donors (Lipinski definition) is 1. The van der Waals surface area contributed by atoms with E-state index in [0.29, 0.717) is 5.56 Å². The van der Waals surface area contributed by atoms with Crippen LogP contribution in [-0.2, 0) is 19.3 Å². The minimum absolute atomic E-state index is 0.138. The Kier molecular flexibility index (Phi) is 10.0. The van der Waals surface area contributed by atoms with Crippen molar-refractivity contribution in [3.63, 3.8) is 0 Å². The Morgan fingerprint density at radius 3 is 2.23 bits per heavy atom. The van der Waals surface area contributed by atoms with Crippen molar-refractivity contribution in [2.75, 3.05) is 26.9 Å². The minimum atomic E-state index is -1.01. The van der Waals surface area contributed by atoms with Gasteiger partial charge in [0, 0.05) is 11.6 Å². The van der Waals surface area contributed by atoms with Gasteiger partial charge in [0.15, 0.2) is 0 Å². The average Bonchev–Trinajstić information content (AvgIpc) is 2.79. The van der Waals surface area contributed by atoms with Crippen LogP contribution >= 0.6 is 0 Å². The fraction of sp³-hybridized carbons (Fsp3) is 0.217. The van der Waals surface area contributed by atoms with Crippen LogP contribution in [0.5, 0.6) is 5.75 Å². The van der Waals surface area contributed by atoms with Gasteiger partial charge in [-0.25, -0.2) is 14.6 Å². The van der Waals surface area contributed by atoms with Crippen LogP contribution in [0.25, 0.3) is 12.2 Å². The van der Waals surface area contributed by atoms with E-state index in [9.17, 15) is 14.7 Å². The molecule has 0 saturated carbocycles. The Morgan fingerprint density at radius 2 is 1.57 bits per heavy atom. The number of aliphatic hydroxyl groups excluding tert-OH is 1. The summed E-state index contributed by atoms with van der Waals surface area (Å²) in [6, 6.07) is 14.2. The Morgan fingerprint density at radius 1 is 0.933 bits per heavy atom. The molecule has 1 atom stereocenters. The fourth-order valence-corrected chi connectivity index (χ4v) is 2.24. The molecule has 0 radical (unpaired) electrons. The first kappa shape index (κ1) is 23.0. The van der Waals surface area contributed by atoms with Gasteiger partial charge in [-0.15, -0.1) is 0 Å². The molecule has 0 aliphatic rings. The van der Waals surface area contributed by atoms with Gasteiger partial charge >= 0.3 is 5.97 Å². The van der Waals surface area contributed by atoms with Crippen LogP contribution in [0, 0.1) is 0 Å². The van der Waals surface area contributed by atoms with E-state index < -0.39 is 12.1 Å². The molecule has 1 N–H and O–H groups in total. The number of carbonyl (C=O) groups is 2. The van der Waals surface area contributed by atoms with E-state index in [1.54, 1.807) is 43.5 Å². The molecule has 30 heavy (non-hydrogen) atoms. The van der Waals surface area contributed by atoms with E-state index in [4.69, 9.17) is 19.2 Å². The molecule has 2 aromatic carbocycles. The Bertz CT molecular complexity index is 839. The maximum absolute atomic E-state index is 11.7. The van der Waals surface area contributed by atoms with Gasteiger partial charge in [-0.05, 0) is 29.3 Å². The molecule has 158 valence electrons. The lowest BCUT2D eigenvalue weighted by Gasteiger charge is -2.09. The summed E-state index contributed by atoms with van der Waals surface area (Å²) in [7, 11) is 1.61. The number of aldehydes is 1. The van der Waals surface area contributed by atoms with Crippen LogP contribution in [0.1, 0.15) is 21.5 Å². The highest BCUT2D eigenvalue weighted by Gasteiger charge is 2.07. The molecule has 7 heteroatoms. The Balaban J connectivity index is 1.58. The van der Waals surface area contributed by atoms with Crippen molar-refractivity contribution in [3.8, 4) is 5.75 Å². The number of ether oxygens (including phenoxy) is 2. The van der Waals surface area contributed by atoms with Crippen LogP contribution in [0.3, 0.4) is 0 Å². The van der Waals surface area contributed by atoms with E-state index >= 15 is 0 Å². The number of aliphatic hydroxyl groups is 1. The number of esters is 1. The van der Waals surface area contributed by atoms with E-state index in [0.717, 1.165) is 23.2 Å². The number of carbonyl (C=O) groups excluding carboxylic acids is 2. The molecule has 0 fully saturated rings. The first-order valence-corrected chi connectivity index (χ1v) is 9.24. The first-order valence-electron chi connectivity index (χ1n) is 9.24. The third-order valence-corrected chi connectivity index (χ3v) is 3.84. The zero-order valence-corrected chi connectivity index (χ0v) is 16.6. The maximum atomic E-state index is 11.7. The zero-order valence-electron chi connectivity index (χ0n) is 16.6. The van der Waals surface area contributed by atoms with Crippen molar-refractivity contribution < 1.29 is 33.9 Å². The lowest BCUT2D eigenvalue weighted by Crippen LogP contribution is -2.23. The van der Waals surface area contributed by atoms with Crippen LogP contribution in [0.15, 0.2) is 60.7 Å². The summed E-state index contributed by atoms with van der Waals surface area (Å²) in [6.45, 7) is -0.164. The third kappa shape index (κ3) is 8.83. The van der Waals surface area contributed by atoms with E-state index in [-0.39, 0.29) is 19.8 Å². The molecule has 0 aliphatic heterocycles. The van der Waals surface area contributed by atoms with Crippen molar-refractivity contribution in [2.24, 2.45) is 0 Å². The van der Waals surface area contributed by atoms with Gasteiger partial charge in [-0.3, -0.25) is 4.79 Å². The summed E-state index contributed by atoms with van der Waals surface area (Å²) in [5, 5.41) is 9.76. The first-order chi connectivity index (χ1) is 14.6. The highest BCUT2D eigenvalue weighted by molar-refractivity contribution is 5.87. The van der Waals surface area contributed by atoms with Gasteiger partial charge in [0.2, 0.25) is 0 Å². The van der Waals surface area contributed by atoms with Crippen LogP contribution in [0.4, 0.5) is 0 Å². The van der Waals surface area contributed by atoms with Gasteiger partial charge in [0.1, 0.15) is 38.0 Å². The lowest BCUT2D eigenvalue weighted by molar-refractivity contribution is -0.298. The molecule has 2 aromatic rings. The molecule has 2 rings (SSSR count). The zero-order chi connectivity index (χ0) is 21.6.